The van der Waals surface area contributed by atoms with Crippen LogP contribution in [0.15, 0.2) is 24.3 Å². The number of carbonyl (C=O) groups is 2. The van der Waals surface area contributed by atoms with Crippen molar-refractivity contribution < 1.29 is 14.7 Å². The first-order chi connectivity index (χ1) is 9.91. The van der Waals surface area contributed by atoms with Gasteiger partial charge in [0.15, 0.2) is 6.04 Å². The lowest BCUT2D eigenvalue weighted by atomic mass is 9.91. The van der Waals surface area contributed by atoms with E-state index in [2.05, 4.69) is 0 Å². The molecule has 0 aliphatic carbocycles. The summed E-state index contributed by atoms with van der Waals surface area (Å²) in [5.41, 5.74) is 7.63. The van der Waals surface area contributed by atoms with Gasteiger partial charge in [0.1, 0.15) is 0 Å². The second-order valence-electron chi connectivity index (χ2n) is 5.96. The van der Waals surface area contributed by atoms with Crippen molar-refractivity contribution in [2.75, 3.05) is 6.54 Å². The molecule has 0 saturated heterocycles. The largest absolute Gasteiger partial charge is 0.479 e. The van der Waals surface area contributed by atoms with Crippen molar-refractivity contribution in [3.8, 4) is 0 Å². The first kappa shape index (κ1) is 15.5. The van der Waals surface area contributed by atoms with E-state index in [1.807, 2.05) is 26.0 Å². The molecule has 1 aliphatic rings. The maximum Gasteiger partial charge on any atom is 0.331 e. The summed E-state index contributed by atoms with van der Waals surface area (Å²) < 4.78 is 0. The zero-order valence-electron chi connectivity index (χ0n) is 12.5. The number of nitrogens with two attached hydrogens (primary N) is 1. The molecule has 3 N–H and O–H groups in total. The lowest BCUT2D eigenvalue weighted by molar-refractivity contribution is -0.151. The Morgan fingerprint density at radius 3 is 2.67 bits per heavy atom. The van der Waals surface area contributed by atoms with E-state index in [0.29, 0.717) is 30.9 Å². The maximum absolute atomic E-state index is 12.5. The molecule has 21 heavy (non-hydrogen) atoms. The molecule has 0 bridgehead atoms. The van der Waals surface area contributed by atoms with Crippen molar-refractivity contribution in [3.05, 3.63) is 35.4 Å². The van der Waals surface area contributed by atoms with E-state index in [0.717, 1.165) is 5.56 Å². The molecule has 0 spiro atoms. The Labute approximate surface area is 124 Å². The molecule has 1 aliphatic heterocycles. The highest BCUT2D eigenvalue weighted by Gasteiger charge is 2.37. The number of rotatable bonds is 4. The van der Waals surface area contributed by atoms with Crippen molar-refractivity contribution in [3.63, 3.8) is 0 Å². The summed E-state index contributed by atoms with van der Waals surface area (Å²) >= 11 is 0. The minimum Gasteiger partial charge on any atom is -0.479 e. The van der Waals surface area contributed by atoms with E-state index in [1.165, 1.54) is 4.90 Å². The number of carboxylic acids is 1. The Kier molecular flexibility index (Phi) is 4.63. The molecule has 0 fully saturated rings. The van der Waals surface area contributed by atoms with Crippen LogP contribution in [0.2, 0.25) is 0 Å². The quantitative estimate of drug-likeness (QED) is 0.881. The van der Waals surface area contributed by atoms with Gasteiger partial charge in [-0.2, -0.15) is 0 Å². The van der Waals surface area contributed by atoms with Crippen LogP contribution in [0.4, 0.5) is 0 Å². The molecule has 2 atom stereocenters. The molecule has 0 aromatic heterocycles. The highest BCUT2D eigenvalue weighted by Crippen LogP contribution is 2.30. The summed E-state index contributed by atoms with van der Waals surface area (Å²) in [7, 11) is 0. The fourth-order valence-electron chi connectivity index (χ4n) is 2.89. The summed E-state index contributed by atoms with van der Waals surface area (Å²) in [6.45, 7) is 4.39. The molecule has 1 amide bonds. The van der Waals surface area contributed by atoms with Crippen molar-refractivity contribution >= 4 is 11.9 Å². The van der Waals surface area contributed by atoms with E-state index in [1.54, 1.807) is 12.1 Å². The third-order valence-corrected chi connectivity index (χ3v) is 3.84. The molecule has 2 rings (SSSR count). The Balaban J connectivity index is 2.28. The molecule has 114 valence electrons. The van der Waals surface area contributed by atoms with Gasteiger partial charge in [-0.1, -0.05) is 38.1 Å². The van der Waals surface area contributed by atoms with Crippen LogP contribution < -0.4 is 5.73 Å². The minimum absolute atomic E-state index is 0.273. The molecule has 5 heteroatoms. The van der Waals surface area contributed by atoms with Crippen LogP contribution in [0.5, 0.6) is 0 Å². The predicted octanol–water partition coefficient (Wildman–Crippen LogP) is 1.57. The number of benzene rings is 1. The average Bonchev–Trinajstić information content (AvgIpc) is 2.44. The lowest BCUT2D eigenvalue weighted by Gasteiger charge is -2.36. The monoisotopic (exact) mass is 290 g/mol. The Morgan fingerprint density at radius 1 is 1.38 bits per heavy atom. The van der Waals surface area contributed by atoms with Crippen LogP contribution in [-0.4, -0.2) is 34.5 Å². The number of fused-ring (bicyclic) bond motifs is 1. The highest BCUT2D eigenvalue weighted by atomic mass is 16.4. The summed E-state index contributed by atoms with van der Waals surface area (Å²) in [5.74, 6) is -0.984. The molecular weight excluding hydrogens is 268 g/mol. The van der Waals surface area contributed by atoms with Gasteiger partial charge >= 0.3 is 5.97 Å². The predicted molar refractivity (Wildman–Crippen MR) is 79.7 cm³/mol. The summed E-state index contributed by atoms with van der Waals surface area (Å²) in [6.07, 6.45) is 1.23. The van der Waals surface area contributed by atoms with Crippen LogP contribution in [0.25, 0.3) is 0 Å². The Hall–Kier alpha value is -1.88. The third-order valence-electron chi connectivity index (χ3n) is 3.84. The summed E-state index contributed by atoms with van der Waals surface area (Å²) in [5, 5.41) is 9.53. The highest BCUT2D eigenvalue weighted by molar-refractivity contribution is 5.88. The number of hydrogen-bond donors (Lipinski definition) is 2. The maximum atomic E-state index is 12.5. The summed E-state index contributed by atoms with van der Waals surface area (Å²) in [4.78, 5) is 25.6. The molecule has 0 saturated carbocycles. The van der Waals surface area contributed by atoms with Gasteiger partial charge in [-0.25, -0.2) is 4.79 Å². The van der Waals surface area contributed by atoms with Gasteiger partial charge < -0.3 is 15.7 Å². The first-order valence-corrected chi connectivity index (χ1v) is 7.28. The molecule has 2 unspecified atom stereocenters. The van der Waals surface area contributed by atoms with Gasteiger partial charge in [-0.3, -0.25) is 4.79 Å². The van der Waals surface area contributed by atoms with Gasteiger partial charge in [0.25, 0.3) is 0 Å². The second kappa shape index (κ2) is 6.26. The number of hydrogen-bond acceptors (Lipinski definition) is 3. The van der Waals surface area contributed by atoms with Crippen LogP contribution in [0.3, 0.4) is 0 Å². The van der Waals surface area contributed by atoms with Crippen molar-refractivity contribution in [2.45, 2.75) is 38.8 Å². The van der Waals surface area contributed by atoms with E-state index >= 15 is 0 Å². The zero-order chi connectivity index (χ0) is 15.6. The Morgan fingerprint density at radius 2 is 2.05 bits per heavy atom. The minimum atomic E-state index is -1.01. The van der Waals surface area contributed by atoms with Gasteiger partial charge in [-0.15, -0.1) is 0 Å². The topological polar surface area (TPSA) is 83.6 Å². The second-order valence-corrected chi connectivity index (χ2v) is 5.96. The van der Waals surface area contributed by atoms with E-state index in [-0.39, 0.29) is 5.91 Å². The van der Waals surface area contributed by atoms with Crippen molar-refractivity contribution in [2.24, 2.45) is 11.7 Å². The van der Waals surface area contributed by atoms with Crippen LogP contribution in [0.1, 0.15) is 37.4 Å². The van der Waals surface area contributed by atoms with Gasteiger partial charge in [0.05, 0.1) is 6.04 Å². The zero-order valence-corrected chi connectivity index (χ0v) is 12.5. The fourth-order valence-corrected chi connectivity index (χ4v) is 2.89. The standard InChI is InChI=1S/C16H22N2O3/c1-10(2)9-13(17)15(19)18-8-7-11-5-3-4-6-12(11)14(18)16(20)21/h3-6,10,13-14H,7-9,17H2,1-2H3,(H,20,21). The molecule has 1 aromatic rings. The molecule has 1 aromatic carbocycles. The average molecular weight is 290 g/mol. The van der Waals surface area contributed by atoms with Crippen molar-refractivity contribution in [1.82, 2.24) is 4.90 Å². The smallest absolute Gasteiger partial charge is 0.331 e. The van der Waals surface area contributed by atoms with Crippen LogP contribution in [-0.2, 0) is 16.0 Å². The normalized spacial score (nSPS) is 19.2. The lowest BCUT2D eigenvalue weighted by Crippen LogP contribution is -2.50. The molecular formula is C16H22N2O3. The number of carboxylic acid groups (broad SMARTS) is 1. The van der Waals surface area contributed by atoms with Gasteiger partial charge in [0.2, 0.25) is 5.91 Å². The van der Waals surface area contributed by atoms with E-state index in [4.69, 9.17) is 5.73 Å². The number of aliphatic carboxylic acids is 1. The van der Waals surface area contributed by atoms with Gasteiger partial charge in [-0.05, 0) is 29.9 Å². The number of nitrogens with zero attached hydrogens (tertiary/aromatic N) is 1. The van der Waals surface area contributed by atoms with Crippen molar-refractivity contribution in [1.29, 1.82) is 0 Å². The van der Waals surface area contributed by atoms with E-state index in [9.17, 15) is 14.7 Å². The SMILES string of the molecule is CC(C)CC(N)C(=O)N1CCc2ccccc2C1C(=O)O. The molecule has 1 heterocycles. The Bertz CT molecular complexity index is 542. The fraction of sp³-hybridized carbons (Fsp3) is 0.500. The first-order valence-electron chi connectivity index (χ1n) is 7.28. The number of amides is 1. The third kappa shape index (κ3) is 3.24. The summed E-state index contributed by atoms with van der Waals surface area (Å²) in [6, 6.07) is 5.82. The van der Waals surface area contributed by atoms with E-state index < -0.39 is 18.1 Å². The van der Waals surface area contributed by atoms with Crippen LogP contribution >= 0.6 is 0 Å². The molecule has 5 nitrogen and oxygen atoms in total. The van der Waals surface area contributed by atoms with Crippen LogP contribution in [0, 0.1) is 5.92 Å². The molecule has 0 radical (unpaired) electrons. The number of carbonyl (C=O) groups excluding carboxylic acids is 1. The van der Waals surface area contributed by atoms with Gasteiger partial charge in [0, 0.05) is 6.54 Å².